The van der Waals surface area contributed by atoms with Crippen LogP contribution < -0.4 is 5.32 Å². The molecule has 0 aromatic heterocycles. The zero-order chi connectivity index (χ0) is 12.8. The molecule has 1 aliphatic rings. The lowest BCUT2D eigenvalue weighted by Gasteiger charge is -2.17. The predicted octanol–water partition coefficient (Wildman–Crippen LogP) is 1.18. The molecule has 0 aromatic carbocycles. The Morgan fingerprint density at radius 1 is 1.53 bits per heavy atom. The number of rotatable bonds is 5. The van der Waals surface area contributed by atoms with E-state index in [1.165, 1.54) is 5.57 Å². The molecule has 0 aliphatic carbocycles. The van der Waals surface area contributed by atoms with E-state index in [2.05, 4.69) is 30.1 Å². The Hall–Kier alpha value is -0.870. The van der Waals surface area contributed by atoms with E-state index >= 15 is 0 Å². The van der Waals surface area contributed by atoms with Crippen LogP contribution in [0.25, 0.3) is 0 Å². The normalized spacial score (nSPS) is 24.7. The lowest BCUT2D eigenvalue weighted by molar-refractivity contribution is -0.125. The van der Waals surface area contributed by atoms with Crippen LogP contribution in [-0.2, 0) is 9.53 Å². The van der Waals surface area contributed by atoms with Gasteiger partial charge < -0.3 is 10.1 Å². The molecule has 1 fully saturated rings. The first-order valence-corrected chi connectivity index (χ1v) is 6.18. The van der Waals surface area contributed by atoms with Gasteiger partial charge in [0.25, 0.3) is 0 Å². The number of hydrogen-bond donors (Lipinski definition) is 1. The van der Waals surface area contributed by atoms with Gasteiger partial charge in [0.2, 0.25) is 5.91 Å². The Morgan fingerprint density at radius 2 is 2.24 bits per heavy atom. The molecular weight excluding hydrogens is 216 g/mol. The molecule has 17 heavy (non-hydrogen) atoms. The van der Waals surface area contributed by atoms with E-state index in [0.717, 1.165) is 19.4 Å². The lowest BCUT2D eigenvalue weighted by atomic mass is 10.2. The third kappa shape index (κ3) is 4.48. The molecule has 1 N–H and O–H groups in total. The number of carbonyl (C=O) groups excluding carboxylic acids is 1. The maximum Gasteiger partial charge on any atom is 0.237 e. The summed E-state index contributed by atoms with van der Waals surface area (Å²) in [6.45, 7) is 5.68. The summed E-state index contributed by atoms with van der Waals surface area (Å²) in [4.78, 5) is 14.0. The first-order chi connectivity index (χ1) is 8.04. The maximum absolute atomic E-state index is 11.9. The molecule has 4 heteroatoms. The standard InChI is InChI=1S/C13H24N2O2/c1-10(2)6-5-7-14-13(16)12-8-11(17-4)9-15(12)3/h6,11-12H,5,7-9H2,1-4H3,(H,14,16)/t11-,12-/m0/s1. The highest BCUT2D eigenvalue weighted by Crippen LogP contribution is 2.17. The fourth-order valence-electron chi connectivity index (χ4n) is 2.10. The molecule has 0 saturated carbocycles. The molecule has 2 atom stereocenters. The van der Waals surface area contributed by atoms with Gasteiger partial charge in [0.05, 0.1) is 12.1 Å². The van der Waals surface area contributed by atoms with Crippen molar-refractivity contribution in [1.82, 2.24) is 10.2 Å². The number of likely N-dealkylation sites (tertiary alicyclic amines) is 1. The van der Waals surface area contributed by atoms with Crippen LogP contribution in [0.1, 0.15) is 26.7 Å². The number of methoxy groups -OCH3 is 1. The summed E-state index contributed by atoms with van der Waals surface area (Å²) in [6.07, 6.45) is 4.02. The molecule has 0 radical (unpaired) electrons. The highest BCUT2D eigenvalue weighted by atomic mass is 16.5. The third-order valence-electron chi connectivity index (χ3n) is 3.14. The summed E-state index contributed by atoms with van der Waals surface area (Å²) in [5.74, 6) is 0.120. The van der Waals surface area contributed by atoms with Crippen LogP contribution in [0, 0.1) is 0 Å². The number of nitrogens with zero attached hydrogens (tertiary/aromatic N) is 1. The zero-order valence-corrected chi connectivity index (χ0v) is 11.3. The zero-order valence-electron chi connectivity index (χ0n) is 11.3. The van der Waals surface area contributed by atoms with Crippen molar-refractivity contribution < 1.29 is 9.53 Å². The van der Waals surface area contributed by atoms with Crippen molar-refractivity contribution in [3.63, 3.8) is 0 Å². The van der Waals surface area contributed by atoms with Crippen LogP contribution >= 0.6 is 0 Å². The number of likely N-dealkylation sites (N-methyl/N-ethyl adjacent to an activating group) is 1. The van der Waals surface area contributed by atoms with Gasteiger partial charge in [-0.15, -0.1) is 0 Å². The van der Waals surface area contributed by atoms with Crippen molar-refractivity contribution in [2.75, 3.05) is 27.2 Å². The Kier molecular flexibility index (Phi) is 5.65. The molecule has 0 unspecified atom stereocenters. The van der Waals surface area contributed by atoms with E-state index in [4.69, 9.17) is 4.74 Å². The Balaban J connectivity index is 2.30. The number of allylic oxidation sites excluding steroid dienone is 1. The molecule has 1 aliphatic heterocycles. The van der Waals surface area contributed by atoms with Crippen LogP contribution in [-0.4, -0.2) is 50.2 Å². The number of carbonyl (C=O) groups is 1. The highest BCUT2D eigenvalue weighted by molar-refractivity contribution is 5.82. The maximum atomic E-state index is 11.9. The van der Waals surface area contributed by atoms with Crippen molar-refractivity contribution in [2.45, 2.75) is 38.8 Å². The number of amides is 1. The second-order valence-corrected chi connectivity index (χ2v) is 4.91. The van der Waals surface area contributed by atoms with E-state index in [0.29, 0.717) is 6.54 Å². The summed E-state index contributed by atoms with van der Waals surface area (Å²) in [6, 6.07) is -0.0355. The van der Waals surface area contributed by atoms with Crippen LogP contribution in [0.5, 0.6) is 0 Å². The Labute approximate surface area is 104 Å². The van der Waals surface area contributed by atoms with Crippen molar-refractivity contribution in [3.05, 3.63) is 11.6 Å². The topological polar surface area (TPSA) is 41.6 Å². The number of nitrogens with one attached hydrogen (secondary N) is 1. The van der Waals surface area contributed by atoms with Gasteiger partial charge in [-0.05, 0) is 33.7 Å². The molecule has 1 amide bonds. The van der Waals surface area contributed by atoms with Crippen molar-refractivity contribution in [2.24, 2.45) is 0 Å². The van der Waals surface area contributed by atoms with E-state index < -0.39 is 0 Å². The van der Waals surface area contributed by atoms with E-state index in [1.54, 1.807) is 7.11 Å². The van der Waals surface area contributed by atoms with E-state index in [1.807, 2.05) is 7.05 Å². The quantitative estimate of drug-likeness (QED) is 0.579. The minimum Gasteiger partial charge on any atom is -0.380 e. The smallest absolute Gasteiger partial charge is 0.237 e. The van der Waals surface area contributed by atoms with Gasteiger partial charge in [0, 0.05) is 20.2 Å². The summed E-state index contributed by atoms with van der Waals surface area (Å²) >= 11 is 0. The fourth-order valence-corrected chi connectivity index (χ4v) is 2.10. The SMILES string of the molecule is CO[C@H]1C[C@@H](C(=O)NCCC=C(C)C)N(C)C1. The molecular formula is C13H24N2O2. The molecule has 98 valence electrons. The molecule has 0 spiro atoms. The minimum absolute atomic E-state index is 0.0355. The monoisotopic (exact) mass is 240 g/mol. The third-order valence-corrected chi connectivity index (χ3v) is 3.14. The van der Waals surface area contributed by atoms with Crippen LogP contribution in [0.3, 0.4) is 0 Å². The van der Waals surface area contributed by atoms with Gasteiger partial charge in [-0.2, -0.15) is 0 Å². The van der Waals surface area contributed by atoms with Crippen LogP contribution in [0.4, 0.5) is 0 Å². The van der Waals surface area contributed by atoms with Gasteiger partial charge in [-0.25, -0.2) is 0 Å². The van der Waals surface area contributed by atoms with Gasteiger partial charge in [0.1, 0.15) is 0 Å². The van der Waals surface area contributed by atoms with E-state index in [-0.39, 0.29) is 18.1 Å². The van der Waals surface area contributed by atoms with Crippen molar-refractivity contribution in [3.8, 4) is 0 Å². The summed E-state index contributed by atoms with van der Waals surface area (Å²) in [5, 5.41) is 2.97. The second kappa shape index (κ2) is 6.77. The lowest BCUT2D eigenvalue weighted by Crippen LogP contribution is -2.41. The van der Waals surface area contributed by atoms with Crippen molar-refractivity contribution in [1.29, 1.82) is 0 Å². The van der Waals surface area contributed by atoms with Gasteiger partial charge in [-0.3, -0.25) is 9.69 Å². The highest BCUT2D eigenvalue weighted by Gasteiger charge is 2.34. The molecule has 1 saturated heterocycles. The van der Waals surface area contributed by atoms with Gasteiger partial charge in [-0.1, -0.05) is 11.6 Å². The fraction of sp³-hybridized carbons (Fsp3) is 0.769. The molecule has 1 rings (SSSR count). The number of hydrogen-bond acceptors (Lipinski definition) is 3. The Bertz CT molecular complexity index is 285. The summed E-state index contributed by atoms with van der Waals surface area (Å²) in [5.41, 5.74) is 1.29. The number of ether oxygens (including phenoxy) is 1. The van der Waals surface area contributed by atoms with E-state index in [9.17, 15) is 4.79 Å². The average Bonchev–Trinajstić information content (AvgIpc) is 2.65. The summed E-state index contributed by atoms with van der Waals surface area (Å²) < 4.78 is 5.29. The van der Waals surface area contributed by atoms with Gasteiger partial charge >= 0.3 is 0 Å². The molecule has 0 aromatic rings. The predicted molar refractivity (Wildman–Crippen MR) is 68.9 cm³/mol. The first kappa shape index (κ1) is 14.2. The Morgan fingerprint density at radius 3 is 2.76 bits per heavy atom. The van der Waals surface area contributed by atoms with Crippen LogP contribution in [0.2, 0.25) is 0 Å². The molecule has 0 bridgehead atoms. The van der Waals surface area contributed by atoms with Crippen molar-refractivity contribution >= 4 is 5.91 Å². The van der Waals surface area contributed by atoms with Gasteiger partial charge in [0.15, 0.2) is 0 Å². The second-order valence-electron chi connectivity index (χ2n) is 4.91. The first-order valence-electron chi connectivity index (χ1n) is 6.18. The average molecular weight is 240 g/mol. The molecule has 1 heterocycles. The summed E-state index contributed by atoms with van der Waals surface area (Å²) in [7, 11) is 3.67. The molecule has 4 nitrogen and oxygen atoms in total. The van der Waals surface area contributed by atoms with Crippen LogP contribution in [0.15, 0.2) is 11.6 Å². The minimum atomic E-state index is -0.0355. The largest absolute Gasteiger partial charge is 0.380 e.